The number of hydrogen-bond donors (Lipinski definition) is 2. The van der Waals surface area contributed by atoms with E-state index in [1.807, 2.05) is 0 Å². The van der Waals surface area contributed by atoms with E-state index in [1.54, 1.807) is 0 Å². The highest BCUT2D eigenvalue weighted by Gasteiger charge is 2.16. The van der Waals surface area contributed by atoms with Crippen LogP contribution < -0.4 is 11.1 Å². The van der Waals surface area contributed by atoms with Crippen molar-refractivity contribution in [1.82, 2.24) is 15.5 Å². The predicted molar refractivity (Wildman–Crippen MR) is 43.2 cm³/mol. The maximum atomic E-state index is 11.4. The lowest BCUT2D eigenvalue weighted by Gasteiger charge is -1.95. The second kappa shape index (κ2) is 3.17. The summed E-state index contributed by atoms with van der Waals surface area (Å²) in [6.45, 7) is 0. The quantitative estimate of drug-likeness (QED) is 0.685. The molecule has 2 aromatic heterocycles. The van der Waals surface area contributed by atoms with Gasteiger partial charge < -0.3 is 15.6 Å². The first-order valence-corrected chi connectivity index (χ1v) is 3.56. The molecule has 0 aromatic carbocycles. The molecule has 0 radical (unpaired) electrons. The van der Waals surface area contributed by atoms with Gasteiger partial charge in [0.1, 0.15) is 12.0 Å². The average molecular weight is 195 g/mol. The number of nitrogen functional groups attached to an aromatic ring is 1. The summed E-state index contributed by atoms with van der Waals surface area (Å²) in [5.74, 6) is -0.606. The average Bonchev–Trinajstić information content (AvgIpc) is 2.75. The lowest BCUT2D eigenvalue weighted by molar-refractivity contribution is 0.101. The van der Waals surface area contributed by atoms with Crippen LogP contribution in [0.25, 0.3) is 0 Å². The number of hydrogen-bond acceptors (Lipinski definition) is 7. The Kier molecular flexibility index (Phi) is 1.86. The highest BCUT2D eigenvalue weighted by atomic mass is 16.6. The van der Waals surface area contributed by atoms with Gasteiger partial charge in [-0.05, 0) is 10.3 Å². The van der Waals surface area contributed by atoms with Crippen molar-refractivity contribution < 1.29 is 13.9 Å². The monoisotopic (exact) mass is 195 g/mol. The van der Waals surface area contributed by atoms with E-state index in [-0.39, 0.29) is 11.5 Å². The van der Waals surface area contributed by atoms with Gasteiger partial charge in [-0.25, -0.2) is 4.63 Å². The van der Waals surface area contributed by atoms with Crippen LogP contribution in [0.5, 0.6) is 0 Å². The Labute approximate surface area is 77.0 Å². The molecule has 0 saturated carbocycles. The molecule has 0 bridgehead atoms. The van der Waals surface area contributed by atoms with Crippen LogP contribution in [-0.4, -0.2) is 21.4 Å². The molecule has 3 N–H and O–H groups in total. The summed E-state index contributed by atoms with van der Waals surface area (Å²) in [7, 11) is 0. The molecule has 2 aromatic rings. The molecule has 0 aliphatic rings. The Morgan fingerprint density at radius 3 is 2.93 bits per heavy atom. The molecule has 0 aliphatic heterocycles. The van der Waals surface area contributed by atoms with Gasteiger partial charge in [0.05, 0.1) is 6.20 Å². The molecule has 0 saturated heterocycles. The van der Waals surface area contributed by atoms with Crippen LogP contribution >= 0.6 is 0 Å². The summed E-state index contributed by atoms with van der Waals surface area (Å²) in [5, 5.41) is 12.4. The molecular formula is C6H5N5O3. The van der Waals surface area contributed by atoms with E-state index in [4.69, 9.17) is 5.73 Å². The van der Waals surface area contributed by atoms with E-state index in [0.29, 0.717) is 5.69 Å². The predicted octanol–water partition coefficient (Wildman–Crippen LogP) is -0.108. The van der Waals surface area contributed by atoms with E-state index in [9.17, 15) is 4.79 Å². The van der Waals surface area contributed by atoms with Crippen molar-refractivity contribution >= 4 is 17.4 Å². The number of nitrogens with two attached hydrogens (primary N) is 1. The van der Waals surface area contributed by atoms with E-state index < -0.39 is 5.91 Å². The molecule has 8 nitrogen and oxygen atoms in total. The van der Waals surface area contributed by atoms with Gasteiger partial charge in [-0.3, -0.25) is 4.79 Å². The molecule has 1 amide bonds. The van der Waals surface area contributed by atoms with Crippen molar-refractivity contribution in [3.05, 3.63) is 18.2 Å². The van der Waals surface area contributed by atoms with Gasteiger partial charge in [0, 0.05) is 0 Å². The van der Waals surface area contributed by atoms with Gasteiger partial charge in [0.15, 0.2) is 0 Å². The van der Waals surface area contributed by atoms with Crippen molar-refractivity contribution in [2.45, 2.75) is 0 Å². The lowest BCUT2D eigenvalue weighted by atomic mass is 10.4. The number of rotatable bonds is 2. The van der Waals surface area contributed by atoms with Gasteiger partial charge in [0.2, 0.25) is 11.5 Å². The second-order valence-corrected chi connectivity index (χ2v) is 2.37. The van der Waals surface area contributed by atoms with Crippen molar-refractivity contribution in [1.29, 1.82) is 0 Å². The maximum Gasteiger partial charge on any atom is 0.281 e. The van der Waals surface area contributed by atoms with E-state index in [1.165, 1.54) is 12.5 Å². The van der Waals surface area contributed by atoms with Gasteiger partial charge >= 0.3 is 0 Å². The summed E-state index contributed by atoms with van der Waals surface area (Å²) in [4.78, 5) is 11.4. The van der Waals surface area contributed by atoms with Crippen LogP contribution in [0, 0.1) is 0 Å². The molecule has 0 spiro atoms. The van der Waals surface area contributed by atoms with Crippen LogP contribution in [0.3, 0.4) is 0 Å². The Balaban J connectivity index is 2.14. The number of nitrogens with zero attached hydrogens (tertiary/aromatic N) is 3. The molecule has 0 atom stereocenters. The van der Waals surface area contributed by atoms with Crippen LogP contribution in [-0.2, 0) is 0 Å². The first-order chi connectivity index (χ1) is 6.77. The van der Waals surface area contributed by atoms with Crippen molar-refractivity contribution in [3.63, 3.8) is 0 Å². The molecule has 0 fully saturated rings. The SMILES string of the molecule is Nc1nonc1C(=O)Nc1cnoc1. The molecule has 0 unspecified atom stereocenters. The number of amides is 1. The third kappa shape index (κ3) is 1.40. The fourth-order valence-electron chi connectivity index (χ4n) is 0.810. The lowest BCUT2D eigenvalue weighted by Crippen LogP contribution is -2.13. The molecule has 14 heavy (non-hydrogen) atoms. The van der Waals surface area contributed by atoms with Crippen LogP contribution in [0.4, 0.5) is 11.5 Å². The van der Waals surface area contributed by atoms with Crippen molar-refractivity contribution in [2.24, 2.45) is 0 Å². The summed E-state index contributed by atoms with van der Waals surface area (Å²) >= 11 is 0. The topological polar surface area (TPSA) is 120 Å². The minimum atomic E-state index is -0.535. The highest BCUT2D eigenvalue weighted by Crippen LogP contribution is 2.09. The van der Waals surface area contributed by atoms with Crippen LogP contribution in [0.15, 0.2) is 21.6 Å². The van der Waals surface area contributed by atoms with Gasteiger partial charge in [-0.15, -0.1) is 0 Å². The van der Waals surface area contributed by atoms with Crippen LogP contribution in [0.2, 0.25) is 0 Å². The summed E-state index contributed by atoms with van der Waals surface area (Å²) < 4.78 is 8.77. The number of carbonyl (C=O) groups is 1. The third-order valence-corrected chi connectivity index (χ3v) is 1.42. The Morgan fingerprint density at radius 2 is 2.36 bits per heavy atom. The highest BCUT2D eigenvalue weighted by molar-refractivity contribution is 6.05. The molecule has 2 rings (SSSR count). The summed E-state index contributed by atoms with van der Waals surface area (Å²) in [6, 6.07) is 0. The molecule has 8 heteroatoms. The fraction of sp³-hybridized carbons (Fsp3) is 0. The molecule has 0 aliphatic carbocycles. The zero-order valence-corrected chi connectivity index (χ0v) is 6.80. The van der Waals surface area contributed by atoms with Crippen LogP contribution in [0.1, 0.15) is 10.5 Å². The zero-order chi connectivity index (χ0) is 9.97. The molecule has 2 heterocycles. The Morgan fingerprint density at radius 1 is 1.50 bits per heavy atom. The maximum absolute atomic E-state index is 11.4. The summed E-state index contributed by atoms with van der Waals surface area (Å²) in [6.07, 6.45) is 2.60. The van der Waals surface area contributed by atoms with Gasteiger partial charge in [-0.1, -0.05) is 5.16 Å². The van der Waals surface area contributed by atoms with Crippen molar-refractivity contribution in [3.8, 4) is 0 Å². The second-order valence-electron chi connectivity index (χ2n) is 2.37. The molecule has 72 valence electrons. The largest absolute Gasteiger partial charge is 0.379 e. The fourth-order valence-corrected chi connectivity index (χ4v) is 0.810. The zero-order valence-electron chi connectivity index (χ0n) is 6.80. The normalized spacial score (nSPS) is 10.0. The number of aromatic nitrogens is 3. The van der Waals surface area contributed by atoms with Gasteiger partial charge in [-0.2, -0.15) is 0 Å². The first kappa shape index (κ1) is 8.23. The van der Waals surface area contributed by atoms with E-state index in [0.717, 1.165) is 0 Å². The van der Waals surface area contributed by atoms with E-state index in [2.05, 4.69) is 29.9 Å². The summed E-state index contributed by atoms with van der Waals surface area (Å²) in [5.41, 5.74) is 5.63. The first-order valence-electron chi connectivity index (χ1n) is 3.56. The van der Waals surface area contributed by atoms with E-state index >= 15 is 0 Å². The number of nitrogens with one attached hydrogen (secondary N) is 1. The molecular weight excluding hydrogens is 190 g/mol. The standard InChI is InChI=1S/C6H5N5O3/c7-5-4(10-14-11-5)6(12)9-3-1-8-13-2-3/h1-2H,(H2,7,11)(H,9,12). The third-order valence-electron chi connectivity index (χ3n) is 1.42. The smallest absolute Gasteiger partial charge is 0.281 e. The number of carbonyl (C=O) groups excluding carboxylic acids is 1. The minimum absolute atomic E-state index is 0.0704. The minimum Gasteiger partial charge on any atom is -0.379 e. The Hall–Kier alpha value is -2.38. The van der Waals surface area contributed by atoms with Crippen molar-refractivity contribution in [2.75, 3.05) is 11.1 Å². The van der Waals surface area contributed by atoms with Gasteiger partial charge in [0.25, 0.3) is 5.91 Å². The number of anilines is 2. The Bertz CT molecular complexity index is 434.